The highest BCUT2D eigenvalue weighted by Crippen LogP contribution is 2.46. The summed E-state index contributed by atoms with van der Waals surface area (Å²) >= 11 is 0. The topological polar surface area (TPSA) is 42.8 Å². The van der Waals surface area contributed by atoms with E-state index in [9.17, 15) is 5.26 Å². The first kappa shape index (κ1) is 15.5. The molecule has 1 aromatic heterocycles. The second-order valence-electron chi connectivity index (χ2n) is 7.33. The van der Waals surface area contributed by atoms with E-state index in [0.717, 1.165) is 25.9 Å². The molecule has 2 aromatic rings. The van der Waals surface area contributed by atoms with Crippen molar-refractivity contribution in [3.05, 3.63) is 41.6 Å². The largest absolute Gasteiger partial charge is 0.355 e. The second-order valence-corrected chi connectivity index (χ2v) is 7.33. The minimum absolute atomic E-state index is 0.498. The number of aromatic amines is 1. The van der Waals surface area contributed by atoms with Gasteiger partial charge in [0.2, 0.25) is 0 Å². The third kappa shape index (κ3) is 2.29. The van der Waals surface area contributed by atoms with Crippen LogP contribution in [0.2, 0.25) is 0 Å². The van der Waals surface area contributed by atoms with Gasteiger partial charge in [0.25, 0.3) is 0 Å². The van der Waals surface area contributed by atoms with Gasteiger partial charge in [-0.15, -0.1) is 0 Å². The van der Waals surface area contributed by atoms with Crippen LogP contribution >= 0.6 is 0 Å². The number of hydrogen-bond acceptors (Lipinski definition) is 2. The monoisotopic (exact) mass is 319 g/mol. The Morgan fingerprint density at radius 2 is 2.33 bits per heavy atom. The van der Waals surface area contributed by atoms with E-state index in [1.54, 1.807) is 0 Å². The predicted octanol–water partition coefficient (Wildman–Crippen LogP) is 4.46. The molecule has 0 bridgehead atoms. The van der Waals surface area contributed by atoms with Crippen molar-refractivity contribution >= 4 is 17.0 Å². The lowest BCUT2D eigenvalue weighted by molar-refractivity contribution is 0.0861. The van der Waals surface area contributed by atoms with E-state index in [1.165, 1.54) is 34.1 Å². The SMILES string of the molecule is C=Cc1[nH]c2cccc3c2c1C[C@@H]1C3C[C@@H](CC#N)CN1CCC. The molecular weight excluding hydrogens is 294 g/mol. The molecule has 0 spiro atoms. The van der Waals surface area contributed by atoms with Crippen molar-refractivity contribution in [2.24, 2.45) is 5.92 Å². The molecule has 3 nitrogen and oxygen atoms in total. The van der Waals surface area contributed by atoms with Crippen molar-refractivity contribution < 1.29 is 0 Å². The molecule has 4 rings (SSSR count). The maximum atomic E-state index is 9.19. The molecule has 0 radical (unpaired) electrons. The fourth-order valence-electron chi connectivity index (χ4n) is 5.01. The van der Waals surface area contributed by atoms with Gasteiger partial charge in [0.05, 0.1) is 6.07 Å². The molecule has 1 unspecified atom stereocenters. The van der Waals surface area contributed by atoms with Crippen molar-refractivity contribution in [2.45, 2.75) is 44.6 Å². The van der Waals surface area contributed by atoms with Gasteiger partial charge in [-0.3, -0.25) is 4.90 Å². The van der Waals surface area contributed by atoms with Crippen LogP contribution in [-0.4, -0.2) is 29.0 Å². The lowest BCUT2D eigenvalue weighted by Crippen LogP contribution is -2.50. The van der Waals surface area contributed by atoms with Crippen molar-refractivity contribution in [2.75, 3.05) is 13.1 Å². The third-order valence-electron chi connectivity index (χ3n) is 5.91. The molecule has 2 aliphatic rings. The van der Waals surface area contributed by atoms with Gasteiger partial charge < -0.3 is 4.98 Å². The Bertz CT molecular complexity index is 810. The second kappa shape index (κ2) is 6.11. The van der Waals surface area contributed by atoms with E-state index in [1.807, 2.05) is 6.08 Å². The van der Waals surface area contributed by atoms with Crippen molar-refractivity contribution in [3.63, 3.8) is 0 Å². The quantitative estimate of drug-likeness (QED) is 0.904. The number of fused-ring (bicyclic) bond motifs is 2. The molecule has 1 N–H and O–H groups in total. The summed E-state index contributed by atoms with van der Waals surface area (Å²) in [4.78, 5) is 6.20. The number of piperidine rings is 1. The number of likely N-dealkylation sites (tertiary alicyclic amines) is 1. The van der Waals surface area contributed by atoms with Gasteiger partial charge in [0, 0.05) is 41.5 Å². The number of benzene rings is 1. The van der Waals surface area contributed by atoms with E-state index >= 15 is 0 Å². The third-order valence-corrected chi connectivity index (χ3v) is 5.91. The highest BCUT2D eigenvalue weighted by molar-refractivity contribution is 5.91. The molecule has 1 fully saturated rings. The van der Waals surface area contributed by atoms with Gasteiger partial charge in [-0.05, 0) is 55.0 Å². The number of nitriles is 1. The van der Waals surface area contributed by atoms with Crippen LogP contribution in [0.25, 0.3) is 17.0 Å². The molecule has 124 valence electrons. The zero-order valence-electron chi connectivity index (χ0n) is 14.4. The van der Waals surface area contributed by atoms with Crippen LogP contribution in [0.15, 0.2) is 24.8 Å². The molecule has 24 heavy (non-hydrogen) atoms. The fourth-order valence-corrected chi connectivity index (χ4v) is 5.01. The molecule has 1 saturated heterocycles. The van der Waals surface area contributed by atoms with E-state index in [-0.39, 0.29) is 0 Å². The van der Waals surface area contributed by atoms with Crippen LogP contribution in [0.1, 0.15) is 48.9 Å². The molecule has 1 aromatic carbocycles. The molecule has 3 heteroatoms. The lowest BCUT2D eigenvalue weighted by atomic mass is 9.71. The molecule has 1 aliphatic carbocycles. The minimum Gasteiger partial charge on any atom is -0.355 e. The van der Waals surface area contributed by atoms with Gasteiger partial charge >= 0.3 is 0 Å². The van der Waals surface area contributed by atoms with Crippen LogP contribution in [0.5, 0.6) is 0 Å². The van der Waals surface area contributed by atoms with E-state index in [0.29, 0.717) is 24.3 Å². The molecule has 1 aliphatic heterocycles. The first-order chi connectivity index (χ1) is 11.8. The first-order valence-corrected chi connectivity index (χ1v) is 9.13. The Morgan fingerprint density at radius 3 is 3.08 bits per heavy atom. The van der Waals surface area contributed by atoms with Crippen LogP contribution < -0.4 is 0 Å². The summed E-state index contributed by atoms with van der Waals surface area (Å²) in [5.74, 6) is 1.05. The van der Waals surface area contributed by atoms with Gasteiger partial charge in [0.1, 0.15) is 0 Å². The minimum atomic E-state index is 0.498. The standard InChI is InChI=1S/C21H25N3/c1-3-10-24-13-14(8-9-22)11-16-15-6-5-7-19-21(15)17(12-20(16)24)18(4-2)23-19/h4-7,14,16,20,23H,2-3,8,10-13H2,1H3/t14-,16?,20-/m1/s1. The Hall–Kier alpha value is -2.05. The van der Waals surface area contributed by atoms with E-state index in [4.69, 9.17) is 0 Å². The van der Waals surface area contributed by atoms with Crippen molar-refractivity contribution in [1.29, 1.82) is 5.26 Å². The van der Waals surface area contributed by atoms with Crippen LogP contribution in [0.4, 0.5) is 0 Å². The Labute approximate surface area is 144 Å². The Morgan fingerprint density at radius 1 is 1.46 bits per heavy atom. The number of rotatable bonds is 4. The summed E-state index contributed by atoms with van der Waals surface area (Å²) in [7, 11) is 0. The normalized spacial score (nSPS) is 26.1. The van der Waals surface area contributed by atoms with Gasteiger partial charge in [-0.2, -0.15) is 5.26 Å². The smallest absolute Gasteiger partial charge is 0.0625 e. The highest BCUT2D eigenvalue weighted by atomic mass is 15.2. The van der Waals surface area contributed by atoms with Gasteiger partial charge in [-0.1, -0.05) is 25.6 Å². The summed E-state index contributed by atoms with van der Waals surface area (Å²) in [5, 5.41) is 10.6. The van der Waals surface area contributed by atoms with Crippen molar-refractivity contribution in [3.8, 4) is 6.07 Å². The maximum absolute atomic E-state index is 9.19. The van der Waals surface area contributed by atoms with E-state index < -0.39 is 0 Å². The first-order valence-electron chi connectivity index (χ1n) is 9.13. The van der Waals surface area contributed by atoms with Crippen LogP contribution in [0, 0.1) is 17.2 Å². The molecule has 0 saturated carbocycles. The van der Waals surface area contributed by atoms with Gasteiger partial charge in [0.15, 0.2) is 0 Å². The number of hydrogen-bond donors (Lipinski definition) is 1. The van der Waals surface area contributed by atoms with Crippen LogP contribution in [0.3, 0.4) is 0 Å². The fraction of sp³-hybridized carbons (Fsp3) is 0.476. The summed E-state index contributed by atoms with van der Waals surface area (Å²) in [6.45, 7) is 8.46. The summed E-state index contributed by atoms with van der Waals surface area (Å²) in [5.41, 5.74) is 5.34. The molecule has 3 atom stereocenters. The summed E-state index contributed by atoms with van der Waals surface area (Å²) in [6.07, 6.45) is 6.05. The molecule has 2 heterocycles. The van der Waals surface area contributed by atoms with Gasteiger partial charge in [-0.25, -0.2) is 0 Å². The zero-order valence-corrected chi connectivity index (χ0v) is 14.4. The average Bonchev–Trinajstić information content (AvgIpc) is 2.96. The summed E-state index contributed by atoms with van der Waals surface area (Å²) in [6, 6.07) is 9.62. The predicted molar refractivity (Wildman–Crippen MR) is 98.8 cm³/mol. The lowest BCUT2D eigenvalue weighted by Gasteiger charge is -2.47. The summed E-state index contributed by atoms with van der Waals surface area (Å²) < 4.78 is 0. The molecular formula is C21H25N3. The average molecular weight is 319 g/mol. The maximum Gasteiger partial charge on any atom is 0.0625 e. The molecule has 0 amide bonds. The highest BCUT2D eigenvalue weighted by Gasteiger charge is 2.40. The van der Waals surface area contributed by atoms with Crippen LogP contribution in [-0.2, 0) is 6.42 Å². The van der Waals surface area contributed by atoms with E-state index in [2.05, 4.69) is 47.7 Å². The Balaban J connectivity index is 1.83. The number of nitrogens with zero attached hydrogens (tertiary/aromatic N) is 2. The number of H-pyrrole nitrogens is 1. The number of aromatic nitrogens is 1. The number of nitrogens with one attached hydrogen (secondary N) is 1. The van der Waals surface area contributed by atoms with Crippen molar-refractivity contribution in [1.82, 2.24) is 9.88 Å². The zero-order chi connectivity index (χ0) is 16.7. The Kier molecular flexibility index (Phi) is 3.94.